The highest BCUT2D eigenvalue weighted by atomic mass is 35.5. The second kappa shape index (κ2) is 6.53. The predicted molar refractivity (Wildman–Crippen MR) is 79.2 cm³/mol. The van der Waals surface area contributed by atoms with E-state index in [0.29, 0.717) is 10.7 Å². The molecule has 0 unspecified atom stereocenters. The smallest absolute Gasteiger partial charge is 0.433 e. The molecule has 0 saturated carbocycles. The fourth-order valence-corrected chi connectivity index (χ4v) is 2.14. The molecule has 2 rings (SSSR count). The number of halogens is 5. The van der Waals surface area contributed by atoms with Crippen LogP contribution in [0.15, 0.2) is 23.0 Å². The molecule has 0 spiro atoms. The van der Waals surface area contributed by atoms with Crippen LogP contribution >= 0.6 is 11.6 Å². The topological polar surface area (TPSA) is 44.1 Å². The van der Waals surface area contributed by atoms with Crippen LogP contribution in [0.1, 0.15) is 5.69 Å². The average molecular weight is 361 g/mol. The third kappa shape index (κ3) is 3.51. The largest absolute Gasteiger partial charge is 0.479 e. The van der Waals surface area contributed by atoms with Gasteiger partial charge in [0.15, 0.2) is 0 Å². The maximum absolute atomic E-state index is 14.1. The van der Waals surface area contributed by atoms with Crippen molar-refractivity contribution in [3.8, 4) is 29.4 Å². The van der Waals surface area contributed by atoms with E-state index in [9.17, 15) is 22.4 Å². The number of alkyl halides is 3. The van der Waals surface area contributed by atoms with Crippen molar-refractivity contribution in [2.45, 2.75) is 6.18 Å². The zero-order valence-electron chi connectivity index (χ0n) is 12.1. The molecule has 0 bridgehead atoms. The molecular weight excluding hydrogens is 352 g/mol. The Labute approximate surface area is 138 Å². The molecule has 1 aromatic carbocycles. The van der Waals surface area contributed by atoms with Crippen LogP contribution in [0.5, 0.6) is 5.75 Å². The zero-order chi connectivity index (χ0) is 18.1. The third-order valence-corrected chi connectivity index (χ3v) is 3.27. The van der Waals surface area contributed by atoms with E-state index in [-0.39, 0.29) is 22.9 Å². The molecule has 9 heteroatoms. The minimum absolute atomic E-state index is 0.0187. The first-order valence-electron chi connectivity index (χ1n) is 6.36. The standard InChI is InChI=1S/C15H9ClF4N2O2/c1-3-4-24-12-5-8(10(17)6-9(12)16)14-11(23)7-13(15(18,19)20)22(2)21-14/h1,5-7H,4H2,2H3. The van der Waals surface area contributed by atoms with E-state index in [0.717, 1.165) is 19.2 Å². The van der Waals surface area contributed by atoms with Crippen LogP contribution in [0.25, 0.3) is 11.3 Å². The van der Waals surface area contributed by atoms with Crippen molar-refractivity contribution in [3.63, 3.8) is 0 Å². The normalized spacial score (nSPS) is 11.2. The van der Waals surface area contributed by atoms with Gasteiger partial charge < -0.3 is 4.74 Å². The monoisotopic (exact) mass is 360 g/mol. The second-order valence-electron chi connectivity index (χ2n) is 4.62. The first kappa shape index (κ1) is 17.8. The Balaban J connectivity index is 2.63. The molecule has 0 amide bonds. The molecule has 4 nitrogen and oxygen atoms in total. The van der Waals surface area contributed by atoms with Gasteiger partial charge in [-0.2, -0.15) is 18.3 Å². The van der Waals surface area contributed by atoms with Gasteiger partial charge in [0, 0.05) is 18.7 Å². The lowest BCUT2D eigenvalue weighted by molar-refractivity contribution is -0.144. The van der Waals surface area contributed by atoms with Crippen molar-refractivity contribution in [2.75, 3.05) is 6.61 Å². The molecule has 2 aromatic rings. The number of terminal acetylenes is 1. The van der Waals surface area contributed by atoms with Gasteiger partial charge in [-0.3, -0.25) is 9.48 Å². The quantitative estimate of drug-likeness (QED) is 0.623. The van der Waals surface area contributed by atoms with Gasteiger partial charge in [-0.15, -0.1) is 6.42 Å². The molecule has 1 aromatic heterocycles. The molecule has 0 N–H and O–H groups in total. The third-order valence-electron chi connectivity index (χ3n) is 2.98. The van der Waals surface area contributed by atoms with Gasteiger partial charge in [0.05, 0.1) is 5.02 Å². The summed E-state index contributed by atoms with van der Waals surface area (Å²) in [5.74, 6) is 1.23. The number of hydrogen-bond acceptors (Lipinski definition) is 3. The van der Waals surface area contributed by atoms with E-state index in [4.69, 9.17) is 22.8 Å². The fraction of sp³-hybridized carbons (Fsp3) is 0.200. The summed E-state index contributed by atoms with van der Waals surface area (Å²) in [5, 5.41) is 3.42. The maximum Gasteiger partial charge on any atom is 0.433 e. The number of aromatic nitrogens is 2. The van der Waals surface area contributed by atoms with E-state index < -0.39 is 28.8 Å². The van der Waals surface area contributed by atoms with Gasteiger partial charge in [0.1, 0.15) is 29.6 Å². The lowest BCUT2D eigenvalue weighted by Crippen LogP contribution is -2.22. The fourth-order valence-electron chi connectivity index (χ4n) is 1.93. The maximum atomic E-state index is 14.1. The number of rotatable bonds is 3. The average Bonchev–Trinajstić information content (AvgIpc) is 2.47. The number of ether oxygens (including phenoxy) is 1. The molecule has 0 atom stereocenters. The molecule has 126 valence electrons. The number of aryl methyl sites for hydroxylation is 1. The summed E-state index contributed by atoms with van der Waals surface area (Å²) in [6.45, 7) is -0.163. The molecule has 0 radical (unpaired) electrons. The van der Waals surface area contributed by atoms with Crippen LogP contribution in [0.4, 0.5) is 17.6 Å². The molecule has 0 aliphatic carbocycles. The van der Waals surface area contributed by atoms with Crippen LogP contribution < -0.4 is 10.2 Å². The lowest BCUT2D eigenvalue weighted by atomic mass is 10.1. The Morgan fingerprint density at radius 1 is 1.38 bits per heavy atom. The molecule has 1 heterocycles. The summed E-state index contributed by atoms with van der Waals surface area (Å²) >= 11 is 5.79. The van der Waals surface area contributed by atoms with Crippen molar-refractivity contribution < 1.29 is 22.3 Å². The van der Waals surface area contributed by atoms with Crippen molar-refractivity contribution in [1.82, 2.24) is 9.78 Å². The second-order valence-corrected chi connectivity index (χ2v) is 5.03. The Kier molecular flexibility index (Phi) is 4.85. The lowest BCUT2D eigenvalue weighted by Gasteiger charge is -2.13. The first-order valence-corrected chi connectivity index (χ1v) is 6.74. The van der Waals surface area contributed by atoms with E-state index in [1.807, 2.05) is 0 Å². The Bertz CT molecular complexity index is 885. The van der Waals surface area contributed by atoms with Crippen molar-refractivity contribution in [1.29, 1.82) is 0 Å². The van der Waals surface area contributed by atoms with Crippen LogP contribution in [0.2, 0.25) is 5.02 Å². The summed E-state index contributed by atoms with van der Waals surface area (Å²) in [7, 11) is 0.995. The molecule has 24 heavy (non-hydrogen) atoms. The van der Waals surface area contributed by atoms with Crippen molar-refractivity contribution in [3.05, 3.63) is 45.0 Å². The minimum Gasteiger partial charge on any atom is -0.479 e. The number of nitrogens with zero attached hydrogens (tertiary/aromatic N) is 2. The zero-order valence-corrected chi connectivity index (χ0v) is 12.9. The SMILES string of the molecule is C#CCOc1cc(-c2nn(C)c(C(F)(F)F)cc2=O)c(F)cc1Cl. The molecular formula is C15H9ClF4N2O2. The van der Waals surface area contributed by atoms with Crippen LogP contribution in [-0.4, -0.2) is 16.4 Å². The van der Waals surface area contributed by atoms with E-state index >= 15 is 0 Å². The number of hydrogen-bond donors (Lipinski definition) is 0. The van der Waals surface area contributed by atoms with Crippen molar-refractivity contribution in [2.24, 2.45) is 7.05 Å². The van der Waals surface area contributed by atoms with Gasteiger partial charge in [-0.05, 0) is 12.1 Å². The molecule has 0 saturated heterocycles. The van der Waals surface area contributed by atoms with E-state index in [1.165, 1.54) is 0 Å². The van der Waals surface area contributed by atoms with Crippen LogP contribution in [0, 0.1) is 18.2 Å². The summed E-state index contributed by atoms with van der Waals surface area (Å²) < 4.78 is 58.0. The highest BCUT2D eigenvalue weighted by Gasteiger charge is 2.34. The Hall–Kier alpha value is -2.53. The first-order chi connectivity index (χ1) is 11.1. The Morgan fingerprint density at radius 2 is 2.04 bits per heavy atom. The van der Waals surface area contributed by atoms with E-state index in [2.05, 4.69) is 11.0 Å². The highest BCUT2D eigenvalue weighted by Crippen LogP contribution is 2.32. The van der Waals surface area contributed by atoms with Gasteiger partial charge >= 0.3 is 6.18 Å². The van der Waals surface area contributed by atoms with E-state index in [1.54, 1.807) is 0 Å². The summed E-state index contributed by atoms with van der Waals surface area (Å²) in [6.07, 6.45) is 0.278. The van der Waals surface area contributed by atoms with Gasteiger partial charge in [-0.25, -0.2) is 4.39 Å². The van der Waals surface area contributed by atoms with Gasteiger partial charge in [0.2, 0.25) is 5.43 Å². The van der Waals surface area contributed by atoms with Crippen LogP contribution in [0.3, 0.4) is 0 Å². The Morgan fingerprint density at radius 3 is 2.62 bits per heavy atom. The summed E-state index contributed by atoms with van der Waals surface area (Å²) in [5.41, 5.74) is -3.20. The van der Waals surface area contributed by atoms with Gasteiger partial charge in [0.25, 0.3) is 0 Å². The predicted octanol–water partition coefficient (Wildman–Crippen LogP) is 3.27. The molecule has 0 aliphatic rings. The highest BCUT2D eigenvalue weighted by molar-refractivity contribution is 6.32. The summed E-state index contributed by atoms with van der Waals surface area (Å²) in [6, 6.07) is 2.27. The van der Waals surface area contributed by atoms with Gasteiger partial charge in [-0.1, -0.05) is 17.5 Å². The van der Waals surface area contributed by atoms with Crippen LogP contribution in [-0.2, 0) is 13.2 Å². The number of benzene rings is 1. The minimum atomic E-state index is -4.76. The van der Waals surface area contributed by atoms with Crippen molar-refractivity contribution >= 4 is 11.6 Å². The summed E-state index contributed by atoms with van der Waals surface area (Å²) in [4.78, 5) is 12.0. The molecule has 0 fully saturated rings. The molecule has 0 aliphatic heterocycles.